The molecule has 1 aliphatic rings. The van der Waals surface area contributed by atoms with Crippen molar-refractivity contribution in [1.82, 2.24) is 5.32 Å². The number of nitrogens with one attached hydrogen (secondary N) is 1. The van der Waals surface area contributed by atoms with Crippen LogP contribution in [0.1, 0.15) is 28.3 Å². The number of ether oxygens (including phenoxy) is 2. The van der Waals surface area contributed by atoms with E-state index in [2.05, 4.69) is 43.4 Å². The maximum atomic E-state index is 5.63. The van der Waals surface area contributed by atoms with Crippen LogP contribution in [0.25, 0.3) is 0 Å². The average molecular weight is 289 g/mol. The Bertz CT molecular complexity index is 594. The van der Waals surface area contributed by atoms with Crippen LogP contribution in [-0.2, 0) is 6.54 Å². The summed E-state index contributed by atoms with van der Waals surface area (Å²) in [5.41, 5.74) is 1.22. The van der Waals surface area contributed by atoms with E-state index in [1.54, 1.807) is 0 Å². The van der Waals surface area contributed by atoms with Gasteiger partial charge in [0.1, 0.15) is 13.2 Å². The number of aryl methyl sites for hydroxylation is 1. The zero-order chi connectivity index (χ0) is 13.9. The van der Waals surface area contributed by atoms with Crippen molar-refractivity contribution >= 4 is 11.3 Å². The Morgan fingerprint density at radius 1 is 1.15 bits per heavy atom. The summed E-state index contributed by atoms with van der Waals surface area (Å²) in [6, 6.07) is 10.8. The van der Waals surface area contributed by atoms with Gasteiger partial charge in [0, 0.05) is 22.3 Å². The first kappa shape index (κ1) is 13.5. The molecule has 106 valence electrons. The second kappa shape index (κ2) is 5.85. The second-order valence-corrected chi connectivity index (χ2v) is 6.39. The lowest BCUT2D eigenvalue weighted by atomic mass is 10.1. The minimum absolute atomic E-state index is 0.285. The maximum Gasteiger partial charge on any atom is 0.161 e. The van der Waals surface area contributed by atoms with Crippen LogP contribution < -0.4 is 14.8 Å². The van der Waals surface area contributed by atoms with E-state index in [9.17, 15) is 0 Å². The van der Waals surface area contributed by atoms with Crippen LogP contribution in [0.3, 0.4) is 0 Å². The Morgan fingerprint density at radius 3 is 2.70 bits per heavy atom. The van der Waals surface area contributed by atoms with E-state index >= 15 is 0 Å². The van der Waals surface area contributed by atoms with Gasteiger partial charge in [0.2, 0.25) is 0 Å². The minimum Gasteiger partial charge on any atom is -0.486 e. The highest BCUT2D eigenvalue weighted by Gasteiger charge is 2.14. The number of thiophene rings is 1. The van der Waals surface area contributed by atoms with Crippen LogP contribution in [0.5, 0.6) is 11.5 Å². The van der Waals surface area contributed by atoms with E-state index in [4.69, 9.17) is 9.47 Å². The van der Waals surface area contributed by atoms with Gasteiger partial charge in [-0.3, -0.25) is 0 Å². The van der Waals surface area contributed by atoms with Crippen molar-refractivity contribution in [1.29, 1.82) is 0 Å². The van der Waals surface area contributed by atoms with E-state index in [0.717, 1.165) is 18.0 Å². The molecular formula is C16H19NO2S. The topological polar surface area (TPSA) is 30.5 Å². The molecular weight excluding hydrogens is 270 g/mol. The number of hydrogen-bond acceptors (Lipinski definition) is 4. The zero-order valence-corrected chi connectivity index (χ0v) is 12.6. The standard InChI is InChI=1S/C16H19NO2S/c1-11-3-5-14(20-11)10-17-12(2)13-4-6-15-16(9-13)19-8-7-18-15/h3-6,9,12,17H,7-8,10H2,1-2H3. The molecule has 0 saturated heterocycles. The largest absolute Gasteiger partial charge is 0.486 e. The SMILES string of the molecule is Cc1ccc(CNC(C)c2ccc3c(c2)OCCO3)s1. The first-order valence-electron chi connectivity index (χ1n) is 6.90. The van der Waals surface area contributed by atoms with Gasteiger partial charge >= 0.3 is 0 Å². The van der Waals surface area contributed by atoms with E-state index in [-0.39, 0.29) is 6.04 Å². The summed E-state index contributed by atoms with van der Waals surface area (Å²) >= 11 is 1.84. The third-order valence-electron chi connectivity index (χ3n) is 3.44. The van der Waals surface area contributed by atoms with Gasteiger partial charge in [0.25, 0.3) is 0 Å². The van der Waals surface area contributed by atoms with Gasteiger partial charge in [-0.15, -0.1) is 11.3 Å². The van der Waals surface area contributed by atoms with Crippen LogP contribution in [0.15, 0.2) is 30.3 Å². The first-order valence-corrected chi connectivity index (χ1v) is 7.72. The van der Waals surface area contributed by atoms with Crippen molar-refractivity contribution in [3.63, 3.8) is 0 Å². The van der Waals surface area contributed by atoms with Crippen LogP contribution in [0.4, 0.5) is 0 Å². The van der Waals surface area contributed by atoms with Crippen LogP contribution in [0.2, 0.25) is 0 Å². The Kier molecular flexibility index (Phi) is 3.94. The fourth-order valence-corrected chi connectivity index (χ4v) is 3.12. The molecule has 0 radical (unpaired) electrons. The van der Waals surface area contributed by atoms with Gasteiger partial charge < -0.3 is 14.8 Å². The fraction of sp³-hybridized carbons (Fsp3) is 0.375. The Morgan fingerprint density at radius 2 is 1.95 bits per heavy atom. The van der Waals surface area contributed by atoms with Crippen LogP contribution in [-0.4, -0.2) is 13.2 Å². The molecule has 1 aliphatic heterocycles. The molecule has 0 bridgehead atoms. The molecule has 20 heavy (non-hydrogen) atoms. The third-order valence-corrected chi connectivity index (χ3v) is 4.45. The Balaban J connectivity index is 1.66. The predicted molar refractivity (Wildman–Crippen MR) is 81.7 cm³/mol. The summed E-state index contributed by atoms with van der Waals surface area (Å²) < 4.78 is 11.2. The second-order valence-electron chi connectivity index (χ2n) is 5.02. The summed E-state index contributed by atoms with van der Waals surface area (Å²) in [7, 11) is 0. The molecule has 1 atom stereocenters. The summed E-state index contributed by atoms with van der Waals surface area (Å²) in [6.45, 7) is 6.48. The summed E-state index contributed by atoms with van der Waals surface area (Å²) in [4.78, 5) is 2.72. The molecule has 0 amide bonds. The lowest BCUT2D eigenvalue weighted by molar-refractivity contribution is 0.171. The lowest BCUT2D eigenvalue weighted by Crippen LogP contribution is -2.19. The average Bonchev–Trinajstić information content (AvgIpc) is 2.90. The molecule has 4 heteroatoms. The highest BCUT2D eigenvalue weighted by Crippen LogP contribution is 2.32. The molecule has 1 aromatic heterocycles. The van der Waals surface area contributed by atoms with Crippen molar-refractivity contribution in [2.24, 2.45) is 0 Å². The zero-order valence-electron chi connectivity index (χ0n) is 11.8. The summed E-state index contributed by atoms with van der Waals surface area (Å²) in [5, 5.41) is 3.55. The number of hydrogen-bond donors (Lipinski definition) is 1. The minimum atomic E-state index is 0.285. The van der Waals surface area contributed by atoms with Crippen molar-refractivity contribution in [2.75, 3.05) is 13.2 Å². The normalized spacial score (nSPS) is 15.1. The third kappa shape index (κ3) is 2.97. The molecule has 2 aromatic rings. The van der Waals surface area contributed by atoms with Crippen molar-refractivity contribution < 1.29 is 9.47 Å². The summed E-state index contributed by atoms with van der Waals surface area (Å²) in [6.07, 6.45) is 0. The monoisotopic (exact) mass is 289 g/mol. The maximum absolute atomic E-state index is 5.63. The van der Waals surface area contributed by atoms with Gasteiger partial charge in [0.15, 0.2) is 11.5 Å². The molecule has 3 nitrogen and oxygen atoms in total. The van der Waals surface area contributed by atoms with Gasteiger partial charge in [-0.25, -0.2) is 0 Å². The molecule has 0 spiro atoms. The number of rotatable bonds is 4. The Hall–Kier alpha value is -1.52. The fourth-order valence-electron chi connectivity index (χ4n) is 2.28. The molecule has 0 fully saturated rings. The van der Waals surface area contributed by atoms with Gasteiger partial charge in [0.05, 0.1) is 0 Å². The number of fused-ring (bicyclic) bond motifs is 1. The van der Waals surface area contributed by atoms with Crippen molar-refractivity contribution in [3.8, 4) is 11.5 Å². The van der Waals surface area contributed by atoms with Gasteiger partial charge in [-0.2, -0.15) is 0 Å². The molecule has 1 N–H and O–H groups in total. The van der Waals surface area contributed by atoms with Gasteiger partial charge in [-0.05, 0) is 43.7 Å². The van der Waals surface area contributed by atoms with Crippen LogP contribution in [0, 0.1) is 6.92 Å². The molecule has 0 saturated carbocycles. The lowest BCUT2D eigenvalue weighted by Gasteiger charge is -2.21. The van der Waals surface area contributed by atoms with Crippen molar-refractivity contribution in [3.05, 3.63) is 45.6 Å². The highest BCUT2D eigenvalue weighted by molar-refractivity contribution is 7.11. The molecule has 0 aliphatic carbocycles. The molecule has 1 unspecified atom stereocenters. The van der Waals surface area contributed by atoms with E-state index in [1.807, 2.05) is 17.4 Å². The Labute approximate surface area is 123 Å². The van der Waals surface area contributed by atoms with Crippen molar-refractivity contribution in [2.45, 2.75) is 26.4 Å². The van der Waals surface area contributed by atoms with E-state index in [0.29, 0.717) is 13.2 Å². The van der Waals surface area contributed by atoms with Crippen LogP contribution >= 0.6 is 11.3 Å². The van der Waals surface area contributed by atoms with E-state index in [1.165, 1.54) is 15.3 Å². The predicted octanol–water partition coefficient (Wildman–Crippen LogP) is 3.68. The van der Waals surface area contributed by atoms with Gasteiger partial charge in [-0.1, -0.05) is 6.07 Å². The number of benzene rings is 1. The van der Waals surface area contributed by atoms with E-state index < -0.39 is 0 Å². The quantitative estimate of drug-likeness (QED) is 0.931. The molecule has 2 heterocycles. The smallest absolute Gasteiger partial charge is 0.161 e. The highest BCUT2D eigenvalue weighted by atomic mass is 32.1. The summed E-state index contributed by atoms with van der Waals surface area (Å²) in [5.74, 6) is 1.70. The first-order chi connectivity index (χ1) is 9.72. The molecule has 1 aromatic carbocycles. The molecule has 3 rings (SSSR count).